The second kappa shape index (κ2) is 8.00. The van der Waals surface area contributed by atoms with E-state index in [-0.39, 0.29) is 10.9 Å². The predicted molar refractivity (Wildman–Crippen MR) is 128 cm³/mol. The van der Waals surface area contributed by atoms with Crippen LogP contribution in [0.25, 0.3) is 0 Å². The van der Waals surface area contributed by atoms with Crippen molar-refractivity contribution in [2.75, 3.05) is 0 Å². The molecular formula is C27H31O2P. The van der Waals surface area contributed by atoms with Gasteiger partial charge in [-0.05, 0) is 60.9 Å². The Labute approximate surface area is 180 Å². The fourth-order valence-corrected chi connectivity index (χ4v) is 7.17. The van der Waals surface area contributed by atoms with Crippen molar-refractivity contribution < 1.29 is 9.36 Å². The van der Waals surface area contributed by atoms with Gasteiger partial charge in [-0.25, -0.2) is 0 Å². The third-order valence-electron chi connectivity index (χ3n) is 5.81. The van der Waals surface area contributed by atoms with Gasteiger partial charge in [-0.2, -0.15) is 0 Å². The van der Waals surface area contributed by atoms with Gasteiger partial charge >= 0.3 is 0 Å². The molecule has 0 aliphatic rings. The molecule has 0 aromatic heterocycles. The average Bonchev–Trinajstić information content (AvgIpc) is 2.66. The first-order valence-corrected chi connectivity index (χ1v) is 12.1. The Hall–Kier alpha value is -2.44. The van der Waals surface area contributed by atoms with E-state index in [2.05, 4.69) is 32.9 Å². The van der Waals surface area contributed by atoms with Crippen LogP contribution in [-0.4, -0.2) is 5.52 Å². The molecule has 0 atom stereocenters. The first-order valence-electron chi connectivity index (χ1n) is 10.4. The van der Waals surface area contributed by atoms with Gasteiger partial charge < -0.3 is 4.57 Å². The van der Waals surface area contributed by atoms with Crippen molar-refractivity contribution in [3.05, 3.63) is 94.0 Å². The third kappa shape index (κ3) is 3.82. The van der Waals surface area contributed by atoms with Crippen LogP contribution in [0.15, 0.2) is 60.7 Å². The van der Waals surface area contributed by atoms with Gasteiger partial charge in [-0.1, -0.05) is 81.4 Å². The van der Waals surface area contributed by atoms with Crippen LogP contribution < -0.4 is 10.6 Å². The maximum atomic E-state index is 14.8. The summed E-state index contributed by atoms with van der Waals surface area (Å²) >= 11 is 0. The zero-order valence-corrected chi connectivity index (χ0v) is 19.9. The van der Waals surface area contributed by atoms with E-state index < -0.39 is 7.14 Å². The molecule has 0 bridgehead atoms. The van der Waals surface area contributed by atoms with Gasteiger partial charge in [0, 0.05) is 16.2 Å². The molecule has 0 radical (unpaired) electrons. The highest BCUT2D eigenvalue weighted by Crippen LogP contribution is 2.49. The second-order valence-corrected chi connectivity index (χ2v) is 11.8. The van der Waals surface area contributed by atoms with Gasteiger partial charge in [0.2, 0.25) is 12.7 Å². The van der Waals surface area contributed by atoms with Crippen molar-refractivity contribution in [3.63, 3.8) is 0 Å². The van der Waals surface area contributed by atoms with Crippen LogP contribution in [0.4, 0.5) is 0 Å². The molecule has 0 spiro atoms. The SMILES string of the molecule is Cc1ccccc1P(=O)(C(=O)c1c(C)cc(C(C)(C)C)cc1C)c1ccccc1C. The topological polar surface area (TPSA) is 34.1 Å². The molecule has 0 N–H and O–H groups in total. The summed E-state index contributed by atoms with van der Waals surface area (Å²) in [7, 11) is -3.56. The van der Waals surface area contributed by atoms with Gasteiger partial charge in [-0.3, -0.25) is 4.79 Å². The van der Waals surface area contributed by atoms with Gasteiger partial charge in [0.1, 0.15) is 0 Å². The molecule has 0 fully saturated rings. The van der Waals surface area contributed by atoms with Crippen molar-refractivity contribution in [3.8, 4) is 0 Å². The summed E-state index contributed by atoms with van der Waals surface area (Å²) in [5, 5.41) is 1.26. The Kier molecular flexibility index (Phi) is 5.94. The van der Waals surface area contributed by atoms with Gasteiger partial charge in [0.05, 0.1) is 0 Å². The van der Waals surface area contributed by atoms with Gasteiger partial charge in [-0.15, -0.1) is 0 Å². The van der Waals surface area contributed by atoms with Crippen LogP contribution in [-0.2, 0) is 9.98 Å². The molecule has 2 nitrogen and oxygen atoms in total. The van der Waals surface area contributed by atoms with E-state index in [1.807, 2.05) is 76.2 Å². The smallest absolute Gasteiger partial charge is 0.230 e. The van der Waals surface area contributed by atoms with Crippen molar-refractivity contribution in [2.24, 2.45) is 0 Å². The fraction of sp³-hybridized carbons (Fsp3) is 0.296. The molecule has 3 aromatic carbocycles. The Morgan fingerprint density at radius 2 is 1.10 bits per heavy atom. The molecule has 0 unspecified atom stereocenters. The Bertz CT molecular complexity index is 1090. The Balaban J connectivity index is 2.32. The predicted octanol–water partition coefficient (Wildman–Crippen LogP) is 6.37. The molecule has 3 rings (SSSR count). The van der Waals surface area contributed by atoms with Crippen molar-refractivity contribution in [2.45, 2.75) is 53.9 Å². The number of hydrogen-bond acceptors (Lipinski definition) is 2. The van der Waals surface area contributed by atoms with Crippen LogP contribution in [0.2, 0.25) is 0 Å². The van der Waals surface area contributed by atoms with E-state index in [0.717, 1.165) is 22.3 Å². The number of benzene rings is 3. The van der Waals surface area contributed by atoms with Crippen LogP contribution in [0, 0.1) is 27.7 Å². The molecule has 3 heteroatoms. The summed E-state index contributed by atoms with van der Waals surface area (Å²) in [6.07, 6.45) is 0. The first-order chi connectivity index (χ1) is 14.0. The van der Waals surface area contributed by atoms with E-state index in [9.17, 15) is 9.36 Å². The van der Waals surface area contributed by atoms with Crippen molar-refractivity contribution in [1.29, 1.82) is 0 Å². The summed E-state index contributed by atoms with van der Waals surface area (Å²) in [5.74, 6) is 0. The first kappa shape index (κ1) is 22.2. The third-order valence-corrected chi connectivity index (χ3v) is 8.96. The second-order valence-electron chi connectivity index (χ2n) is 9.22. The summed E-state index contributed by atoms with van der Waals surface area (Å²) in [4.78, 5) is 14.1. The van der Waals surface area contributed by atoms with Crippen molar-refractivity contribution >= 4 is 23.3 Å². The number of hydrogen-bond donors (Lipinski definition) is 0. The van der Waals surface area contributed by atoms with E-state index in [1.54, 1.807) is 0 Å². The van der Waals surface area contributed by atoms with Gasteiger partial charge in [0.25, 0.3) is 0 Å². The van der Waals surface area contributed by atoms with Crippen molar-refractivity contribution in [1.82, 2.24) is 0 Å². The molecule has 0 heterocycles. The zero-order valence-electron chi connectivity index (χ0n) is 19.0. The number of carbonyl (C=O) groups is 1. The van der Waals surface area contributed by atoms with Gasteiger partial charge in [0.15, 0.2) is 0 Å². The van der Waals surface area contributed by atoms with Crippen LogP contribution in [0.5, 0.6) is 0 Å². The minimum atomic E-state index is -3.56. The molecular weight excluding hydrogens is 387 g/mol. The van der Waals surface area contributed by atoms with E-state index in [0.29, 0.717) is 16.2 Å². The minimum Gasteiger partial charge on any atom is -0.305 e. The van der Waals surface area contributed by atoms with E-state index in [4.69, 9.17) is 0 Å². The zero-order chi connectivity index (χ0) is 22.3. The largest absolute Gasteiger partial charge is 0.305 e. The van der Waals surface area contributed by atoms with E-state index in [1.165, 1.54) is 5.56 Å². The Morgan fingerprint density at radius 1 is 0.700 bits per heavy atom. The highest BCUT2D eigenvalue weighted by Gasteiger charge is 2.40. The standard InChI is InChI=1S/C27H31O2P/c1-18-12-8-10-14-23(18)30(29,24-15-11-9-13-19(24)2)26(28)25-20(3)16-22(17-21(25)4)27(5,6)7/h8-17H,1-7H3. The quantitative estimate of drug-likeness (QED) is 0.461. The molecule has 3 aromatic rings. The monoisotopic (exact) mass is 418 g/mol. The summed E-state index contributed by atoms with van der Waals surface area (Å²) in [6.45, 7) is 14.2. The lowest BCUT2D eigenvalue weighted by atomic mass is 9.84. The maximum Gasteiger partial charge on any atom is 0.230 e. The molecule has 0 saturated carbocycles. The van der Waals surface area contributed by atoms with Crippen LogP contribution in [0.1, 0.15) is 58.9 Å². The highest BCUT2D eigenvalue weighted by atomic mass is 31.2. The summed E-state index contributed by atoms with van der Waals surface area (Å²) in [6, 6.07) is 19.2. The minimum absolute atomic E-state index is 0.0210. The molecule has 156 valence electrons. The average molecular weight is 419 g/mol. The number of rotatable bonds is 4. The van der Waals surface area contributed by atoms with E-state index >= 15 is 0 Å². The highest BCUT2D eigenvalue weighted by molar-refractivity contribution is 7.93. The lowest BCUT2D eigenvalue weighted by molar-refractivity contribution is 0.107. The molecule has 0 aliphatic carbocycles. The maximum absolute atomic E-state index is 14.8. The molecule has 0 amide bonds. The summed E-state index contributed by atoms with van der Waals surface area (Å²) < 4.78 is 14.8. The Morgan fingerprint density at radius 3 is 1.47 bits per heavy atom. The molecule has 30 heavy (non-hydrogen) atoms. The van der Waals surface area contributed by atoms with Crippen LogP contribution >= 0.6 is 7.14 Å². The summed E-state index contributed by atoms with van der Waals surface area (Å²) in [5.41, 5.74) is 4.97. The number of aryl methyl sites for hydroxylation is 4. The fourth-order valence-electron chi connectivity index (χ4n) is 4.07. The molecule has 0 saturated heterocycles. The normalized spacial score (nSPS) is 12.1. The lowest BCUT2D eigenvalue weighted by Crippen LogP contribution is -2.27. The van der Waals surface area contributed by atoms with Crippen LogP contribution in [0.3, 0.4) is 0 Å². The molecule has 0 aliphatic heterocycles. The lowest BCUT2D eigenvalue weighted by Gasteiger charge is -2.25. The number of carbonyl (C=O) groups excluding carboxylic acids is 1.